The summed E-state index contributed by atoms with van der Waals surface area (Å²) in [5.41, 5.74) is 1.49. The Labute approximate surface area is 80.8 Å². The number of hydrogen-bond donors (Lipinski definition) is 0. The van der Waals surface area contributed by atoms with E-state index in [0.29, 0.717) is 0 Å². The zero-order valence-electron chi connectivity index (χ0n) is 6.93. The van der Waals surface area contributed by atoms with E-state index in [9.17, 15) is 0 Å². The van der Waals surface area contributed by atoms with Crippen molar-refractivity contribution in [2.45, 2.75) is 32.6 Å². The van der Waals surface area contributed by atoms with Gasteiger partial charge in [-0.25, -0.2) is 0 Å². The Balaban J connectivity index is 2.73. The Kier molecular flexibility index (Phi) is 3.60. The summed E-state index contributed by atoms with van der Waals surface area (Å²) >= 11 is 5.26. The first-order chi connectivity index (χ1) is 5.27. The summed E-state index contributed by atoms with van der Waals surface area (Å²) in [6.45, 7) is 4.50. The first-order valence-corrected chi connectivity index (χ1v) is 5.69. The van der Waals surface area contributed by atoms with Gasteiger partial charge in [-0.15, -0.1) is 11.3 Å². The van der Waals surface area contributed by atoms with Crippen molar-refractivity contribution in [3.05, 3.63) is 20.8 Å². The fourth-order valence-electron chi connectivity index (χ4n) is 1.30. The molecule has 0 N–H and O–H groups in total. The molecule has 0 unspecified atom stereocenters. The molecule has 0 radical (unpaired) electrons. The van der Waals surface area contributed by atoms with Gasteiger partial charge >= 0.3 is 0 Å². The molecule has 1 heterocycles. The molecule has 0 nitrogen and oxygen atoms in total. The monoisotopic (exact) mass is 232 g/mol. The maximum atomic E-state index is 3.48. The molecule has 0 aromatic carbocycles. The van der Waals surface area contributed by atoms with Crippen LogP contribution in [-0.4, -0.2) is 0 Å². The Hall–Kier alpha value is 0.180. The molecule has 0 aliphatic carbocycles. The third kappa shape index (κ3) is 2.31. The summed E-state index contributed by atoms with van der Waals surface area (Å²) < 4.78 is 1.25. The molecular weight excluding hydrogens is 220 g/mol. The third-order valence-corrected chi connectivity index (χ3v) is 3.57. The first kappa shape index (κ1) is 9.27. The number of halogens is 1. The van der Waals surface area contributed by atoms with E-state index in [0.717, 1.165) is 5.92 Å². The van der Waals surface area contributed by atoms with Crippen molar-refractivity contribution >= 4 is 27.3 Å². The van der Waals surface area contributed by atoms with Gasteiger partial charge in [-0.05, 0) is 51.7 Å². The van der Waals surface area contributed by atoms with Crippen LogP contribution in [0.15, 0.2) is 15.2 Å². The summed E-state index contributed by atoms with van der Waals surface area (Å²) in [6.07, 6.45) is 2.50. The van der Waals surface area contributed by atoms with Crippen LogP contribution < -0.4 is 0 Å². The molecule has 0 saturated carbocycles. The van der Waals surface area contributed by atoms with Gasteiger partial charge < -0.3 is 0 Å². The van der Waals surface area contributed by atoms with Gasteiger partial charge in [0.05, 0.1) is 3.79 Å². The van der Waals surface area contributed by atoms with Gasteiger partial charge in [-0.1, -0.05) is 13.8 Å². The molecule has 1 aromatic heterocycles. The van der Waals surface area contributed by atoms with E-state index in [4.69, 9.17) is 0 Å². The molecule has 0 bridgehead atoms. The van der Waals surface area contributed by atoms with Crippen molar-refractivity contribution in [3.63, 3.8) is 0 Å². The van der Waals surface area contributed by atoms with E-state index >= 15 is 0 Å². The average molecular weight is 233 g/mol. The fourth-order valence-corrected chi connectivity index (χ4v) is 2.56. The van der Waals surface area contributed by atoms with Gasteiger partial charge in [-0.3, -0.25) is 0 Å². The molecule has 62 valence electrons. The summed E-state index contributed by atoms with van der Waals surface area (Å²) in [6, 6.07) is 2.24. The zero-order chi connectivity index (χ0) is 8.27. The predicted octanol–water partition coefficient (Wildman–Crippen LogP) is 4.41. The summed E-state index contributed by atoms with van der Waals surface area (Å²) in [5, 5.41) is 2.25. The molecule has 1 rings (SSSR count). The maximum Gasteiger partial charge on any atom is 0.0701 e. The molecule has 0 aliphatic heterocycles. The van der Waals surface area contributed by atoms with Crippen molar-refractivity contribution < 1.29 is 0 Å². The average Bonchev–Trinajstić information content (AvgIpc) is 2.39. The minimum absolute atomic E-state index is 0.762. The predicted molar refractivity (Wildman–Crippen MR) is 55.3 cm³/mol. The molecule has 1 aromatic rings. The largest absolute Gasteiger partial charge is 0.137 e. The van der Waals surface area contributed by atoms with Crippen LogP contribution in [-0.2, 0) is 0 Å². The van der Waals surface area contributed by atoms with Gasteiger partial charge in [0.1, 0.15) is 0 Å². The van der Waals surface area contributed by atoms with Crippen molar-refractivity contribution in [2.24, 2.45) is 0 Å². The van der Waals surface area contributed by atoms with E-state index in [-0.39, 0.29) is 0 Å². The summed E-state index contributed by atoms with van der Waals surface area (Å²) in [4.78, 5) is 0. The van der Waals surface area contributed by atoms with Crippen LogP contribution in [0, 0.1) is 0 Å². The second-order valence-electron chi connectivity index (χ2n) is 2.70. The van der Waals surface area contributed by atoms with Crippen molar-refractivity contribution in [1.82, 2.24) is 0 Å². The Morgan fingerprint density at radius 3 is 2.45 bits per heavy atom. The highest BCUT2D eigenvalue weighted by molar-refractivity contribution is 9.11. The lowest BCUT2D eigenvalue weighted by Crippen LogP contribution is -1.91. The van der Waals surface area contributed by atoms with Gasteiger partial charge in [0.25, 0.3) is 0 Å². The Morgan fingerprint density at radius 2 is 2.09 bits per heavy atom. The number of hydrogen-bond acceptors (Lipinski definition) is 1. The minimum atomic E-state index is 0.762. The lowest BCUT2D eigenvalue weighted by atomic mass is 9.97. The molecule has 0 amide bonds. The van der Waals surface area contributed by atoms with E-state index in [1.54, 1.807) is 11.3 Å². The van der Waals surface area contributed by atoms with Gasteiger partial charge in [0, 0.05) is 0 Å². The summed E-state index contributed by atoms with van der Waals surface area (Å²) in [5.74, 6) is 0.762. The van der Waals surface area contributed by atoms with Gasteiger partial charge in [0.15, 0.2) is 0 Å². The van der Waals surface area contributed by atoms with Crippen molar-refractivity contribution in [2.75, 3.05) is 0 Å². The number of rotatable bonds is 3. The normalized spacial score (nSPS) is 10.9. The maximum absolute atomic E-state index is 3.48. The highest BCUT2D eigenvalue weighted by Crippen LogP contribution is 2.29. The SMILES string of the molecule is CCC(CC)c1csc(Br)c1. The van der Waals surface area contributed by atoms with Crippen LogP contribution in [0.2, 0.25) is 0 Å². The second-order valence-corrected chi connectivity index (χ2v) is 4.99. The topological polar surface area (TPSA) is 0 Å². The first-order valence-electron chi connectivity index (χ1n) is 4.01. The van der Waals surface area contributed by atoms with Crippen LogP contribution in [0.3, 0.4) is 0 Å². The molecule has 0 spiro atoms. The van der Waals surface area contributed by atoms with E-state index in [2.05, 4.69) is 41.2 Å². The smallest absolute Gasteiger partial charge is 0.0701 e. The quantitative estimate of drug-likeness (QED) is 0.725. The van der Waals surface area contributed by atoms with E-state index in [1.807, 2.05) is 0 Å². The molecule has 0 atom stereocenters. The zero-order valence-corrected chi connectivity index (χ0v) is 9.33. The Morgan fingerprint density at radius 1 is 1.45 bits per heavy atom. The van der Waals surface area contributed by atoms with Crippen LogP contribution in [0.1, 0.15) is 38.2 Å². The molecule has 11 heavy (non-hydrogen) atoms. The fraction of sp³-hybridized carbons (Fsp3) is 0.556. The highest BCUT2D eigenvalue weighted by Gasteiger charge is 2.07. The van der Waals surface area contributed by atoms with Crippen LogP contribution in [0.25, 0.3) is 0 Å². The lowest BCUT2D eigenvalue weighted by molar-refractivity contribution is 0.644. The van der Waals surface area contributed by atoms with Crippen LogP contribution >= 0.6 is 27.3 Å². The number of thiophene rings is 1. The molecule has 0 aliphatic rings. The van der Waals surface area contributed by atoms with Crippen LogP contribution in [0.4, 0.5) is 0 Å². The highest BCUT2D eigenvalue weighted by atomic mass is 79.9. The van der Waals surface area contributed by atoms with Crippen molar-refractivity contribution in [3.8, 4) is 0 Å². The lowest BCUT2D eigenvalue weighted by Gasteiger charge is -2.08. The molecule has 2 heteroatoms. The molecule has 0 saturated heterocycles. The van der Waals surface area contributed by atoms with Crippen molar-refractivity contribution in [1.29, 1.82) is 0 Å². The molecule has 0 fully saturated rings. The van der Waals surface area contributed by atoms with Gasteiger partial charge in [0.2, 0.25) is 0 Å². The van der Waals surface area contributed by atoms with Crippen LogP contribution in [0.5, 0.6) is 0 Å². The third-order valence-electron chi connectivity index (χ3n) is 2.04. The van der Waals surface area contributed by atoms with Gasteiger partial charge in [-0.2, -0.15) is 0 Å². The standard InChI is InChI=1S/C9H13BrS/c1-3-7(4-2)8-5-9(10)11-6-8/h5-7H,3-4H2,1-2H3. The minimum Gasteiger partial charge on any atom is -0.137 e. The molecular formula is C9H13BrS. The van der Waals surface area contributed by atoms with E-state index in [1.165, 1.54) is 22.2 Å². The second kappa shape index (κ2) is 4.27. The summed E-state index contributed by atoms with van der Waals surface area (Å²) in [7, 11) is 0. The van der Waals surface area contributed by atoms with E-state index < -0.39 is 0 Å². The Bertz CT molecular complexity index is 213.